The molecular formula is C10H8BrNO4S. The molecule has 7 heteroatoms. The summed E-state index contributed by atoms with van der Waals surface area (Å²) in [7, 11) is 1.47. The number of halogens is 1. The monoisotopic (exact) mass is 317 g/mol. The lowest BCUT2D eigenvalue weighted by molar-refractivity contribution is 0.0656. The highest BCUT2D eigenvalue weighted by Crippen LogP contribution is 2.32. The number of ether oxygens (including phenoxy) is 1. The summed E-state index contributed by atoms with van der Waals surface area (Å²) >= 11 is 4.74. The fraction of sp³-hybridized carbons (Fsp3) is 0.200. The van der Waals surface area contributed by atoms with Crippen LogP contribution in [0.1, 0.15) is 16.2 Å². The minimum absolute atomic E-state index is 0.109. The molecule has 2 aromatic heterocycles. The van der Waals surface area contributed by atoms with Crippen molar-refractivity contribution < 1.29 is 19.1 Å². The molecule has 0 unspecified atom stereocenters. The number of oxazole rings is 1. The summed E-state index contributed by atoms with van der Waals surface area (Å²) < 4.78 is 11.0. The van der Waals surface area contributed by atoms with Crippen LogP contribution in [0, 0.1) is 0 Å². The lowest BCUT2D eigenvalue weighted by Gasteiger charge is -1.92. The van der Waals surface area contributed by atoms with Crippen LogP contribution in [0.4, 0.5) is 0 Å². The van der Waals surface area contributed by atoms with E-state index in [4.69, 9.17) is 14.3 Å². The fourth-order valence-electron chi connectivity index (χ4n) is 1.29. The van der Waals surface area contributed by atoms with Gasteiger partial charge in [-0.25, -0.2) is 9.78 Å². The maximum Gasteiger partial charge on any atom is 0.373 e. The highest BCUT2D eigenvalue weighted by molar-refractivity contribution is 9.11. The van der Waals surface area contributed by atoms with Gasteiger partial charge < -0.3 is 14.3 Å². The first-order valence-corrected chi connectivity index (χ1v) is 6.20. The Balaban J connectivity index is 2.43. The average molecular weight is 318 g/mol. The molecule has 0 saturated heterocycles. The standard InChI is InChI=1S/C10H8BrNO4S/c1-15-4-5-8(10(13)14)16-9(12-5)6-2-3-7(11)17-6/h2-3H,4H2,1H3,(H,13,14). The molecule has 2 rings (SSSR count). The van der Waals surface area contributed by atoms with E-state index in [-0.39, 0.29) is 12.4 Å². The Kier molecular flexibility index (Phi) is 3.60. The number of thiophene rings is 1. The topological polar surface area (TPSA) is 72.6 Å². The van der Waals surface area contributed by atoms with Crippen LogP contribution in [-0.4, -0.2) is 23.2 Å². The number of hydrogen-bond acceptors (Lipinski definition) is 5. The summed E-state index contributed by atoms with van der Waals surface area (Å²) in [4.78, 5) is 15.8. The molecular weight excluding hydrogens is 310 g/mol. The van der Waals surface area contributed by atoms with E-state index >= 15 is 0 Å². The van der Waals surface area contributed by atoms with E-state index in [1.54, 1.807) is 0 Å². The molecule has 0 bridgehead atoms. The van der Waals surface area contributed by atoms with E-state index in [9.17, 15) is 4.79 Å². The van der Waals surface area contributed by atoms with Crippen molar-refractivity contribution in [1.82, 2.24) is 4.98 Å². The Morgan fingerprint density at radius 2 is 2.41 bits per heavy atom. The minimum Gasteiger partial charge on any atom is -0.475 e. The van der Waals surface area contributed by atoms with Gasteiger partial charge in [0, 0.05) is 7.11 Å². The zero-order chi connectivity index (χ0) is 12.4. The van der Waals surface area contributed by atoms with Gasteiger partial charge in [-0.2, -0.15) is 0 Å². The molecule has 17 heavy (non-hydrogen) atoms. The van der Waals surface area contributed by atoms with Crippen LogP contribution in [0.25, 0.3) is 10.8 Å². The molecule has 0 fully saturated rings. The number of carboxylic acid groups (broad SMARTS) is 1. The van der Waals surface area contributed by atoms with Crippen LogP contribution >= 0.6 is 27.3 Å². The Morgan fingerprint density at radius 3 is 2.94 bits per heavy atom. The van der Waals surface area contributed by atoms with Crippen molar-refractivity contribution >= 4 is 33.2 Å². The molecule has 2 heterocycles. The van der Waals surface area contributed by atoms with Crippen LogP contribution in [0.5, 0.6) is 0 Å². The first kappa shape index (κ1) is 12.3. The summed E-state index contributed by atoms with van der Waals surface area (Å²) in [6.07, 6.45) is 0. The number of hydrogen-bond donors (Lipinski definition) is 1. The first-order valence-electron chi connectivity index (χ1n) is 4.59. The van der Waals surface area contributed by atoms with Gasteiger partial charge in [0.25, 0.3) is 0 Å². The number of aromatic nitrogens is 1. The molecule has 1 N–H and O–H groups in total. The van der Waals surface area contributed by atoms with Crippen LogP contribution in [0.15, 0.2) is 20.3 Å². The van der Waals surface area contributed by atoms with Gasteiger partial charge in [-0.05, 0) is 28.1 Å². The number of carboxylic acids is 1. The normalized spacial score (nSPS) is 10.7. The van der Waals surface area contributed by atoms with Gasteiger partial charge in [-0.15, -0.1) is 11.3 Å². The van der Waals surface area contributed by atoms with Crippen molar-refractivity contribution in [3.8, 4) is 10.8 Å². The maximum absolute atomic E-state index is 11.0. The van der Waals surface area contributed by atoms with Gasteiger partial charge in [0.2, 0.25) is 11.7 Å². The quantitative estimate of drug-likeness (QED) is 0.938. The number of rotatable bonds is 4. The van der Waals surface area contributed by atoms with Gasteiger partial charge in [-0.1, -0.05) is 0 Å². The van der Waals surface area contributed by atoms with E-state index < -0.39 is 5.97 Å². The van der Waals surface area contributed by atoms with E-state index in [0.29, 0.717) is 11.6 Å². The van der Waals surface area contributed by atoms with Crippen molar-refractivity contribution in [3.63, 3.8) is 0 Å². The summed E-state index contributed by atoms with van der Waals surface area (Å²) in [5.74, 6) is -1.03. The number of methoxy groups -OCH3 is 1. The van der Waals surface area contributed by atoms with Crippen molar-refractivity contribution in [2.75, 3.05) is 7.11 Å². The summed E-state index contributed by atoms with van der Waals surface area (Å²) in [6.45, 7) is 0.109. The van der Waals surface area contributed by atoms with Crippen LogP contribution in [-0.2, 0) is 11.3 Å². The molecule has 0 aliphatic carbocycles. The maximum atomic E-state index is 11.0. The zero-order valence-electron chi connectivity index (χ0n) is 8.77. The second-order valence-electron chi connectivity index (χ2n) is 3.14. The molecule has 2 aromatic rings. The van der Waals surface area contributed by atoms with E-state index in [2.05, 4.69) is 20.9 Å². The predicted molar refractivity (Wildman–Crippen MR) is 65.2 cm³/mol. The average Bonchev–Trinajstić information content (AvgIpc) is 2.85. The van der Waals surface area contributed by atoms with E-state index in [0.717, 1.165) is 8.66 Å². The molecule has 5 nitrogen and oxygen atoms in total. The van der Waals surface area contributed by atoms with E-state index in [1.807, 2.05) is 12.1 Å². The third kappa shape index (κ3) is 2.56. The van der Waals surface area contributed by atoms with Crippen molar-refractivity contribution in [2.24, 2.45) is 0 Å². The second kappa shape index (κ2) is 4.99. The number of aromatic carboxylic acids is 1. The van der Waals surface area contributed by atoms with E-state index in [1.165, 1.54) is 18.4 Å². The second-order valence-corrected chi connectivity index (χ2v) is 5.60. The molecule has 0 aliphatic rings. The molecule has 0 atom stereocenters. The van der Waals surface area contributed by atoms with Crippen molar-refractivity contribution in [1.29, 1.82) is 0 Å². The van der Waals surface area contributed by atoms with Gasteiger partial charge in [-0.3, -0.25) is 0 Å². The largest absolute Gasteiger partial charge is 0.475 e. The van der Waals surface area contributed by atoms with Gasteiger partial charge >= 0.3 is 5.97 Å². The van der Waals surface area contributed by atoms with Crippen LogP contribution in [0.2, 0.25) is 0 Å². The lowest BCUT2D eigenvalue weighted by Crippen LogP contribution is -2.00. The summed E-state index contributed by atoms with van der Waals surface area (Å²) in [5.41, 5.74) is 0.291. The van der Waals surface area contributed by atoms with Gasteiger partial charge in [0.1, 0.15) is 5.69 Å². The molecule has 0 aromatic carbocycles. The smallest absolute Gasteiger partial charge is 0.373 e. The third-order valence-corrected chi connectivity index (χ3v) is 3.57. The summed E-state index contributed by atoms with van der Waals surface area (Å²) in [5, 5.41) is 8.96. The Hall–Kier alpha value is -1.18. The SMILES string of the molecule is COCc1nc(-c2ccc(Br)s2)oc1C(=O)O. The molecule has 0 amide bonds. The Labute approximate surface area is 109 Å². The summed E-state index contributed by atoms with van der Waals surface area (Å²) in [6, 6.07) is 3.66. The van der Waals surface area contributed by atoms with Crippen LogP contribution in [0.3, 0.4) is 0 Å². The van der Waals surface area contributed by atoms with Crippen molar-refractivity contribution in [2.45, 2.75) is 6.61 Å². The Morgan fingerprint density at radius 1 is 1.65 bits per heavy atom. The first-order chi connectivity index (χ1) is 8.11. The molecule has 90 valence electrons. The molecule has 0 aliphatic heterocycles. The van der Waals surface area contributed by atoms with Crippen LogP contribution < -0.4 is 0 Å². The number of carbonyl (C=O) groups is 1. The molecule has 0 spiro atoms. The van der Waals surface area contributed by atoms with Gasteiger partial charge in [0.15, 0.2) is 0 Å². The predicted octanol–water partition coefficient (Wildman–Crippen LogP) is 3.01. The number of nitrogens with zero attached hydrogens (tertiary/aromatic N) is 1. The third-order valence-electron chi connectivity index (χ3n) is 1.96. The Bertz CT molecular complexity index is 548. The fourth-order valence-corrected chi connectivity index (χ4v) is 2.60. The van der Waals surface area contributed by atoms with Crippen molar-refractivity contribution in [3.05, 3.63) is 27.4 Å². The van der Waals surface area contributed by atoms with Gasteiger partial charge in [0.05, 0.1) is 15.3 Å². The lowest BCUT2D eigenvalue weighted by atomic mass is 10.3. The highest BCUT2D eigenvalue weighted by atomic mass is 79.9. The molecule has 0 radical (unpaired) electrons. The highest BCUT2D eigenvalue weighted by Gasteiger charge is 2.20. The zero-order valence-corrected chi connectivity index (χ0v) is 11.2. The minimum atomic E-state index is -1.15. The molecule has 0 saturated carbocycles.